The summed E-state index contributed by atoms with van der Waals surface area (Å²) in [5.74, 6) is 1.57. The van der Waals surface area contributed by atoms with E-state index in [0.717, 1.165) is 11.5 Å². The van der Waals surface area contributed by atoms with E-state index in [1.54, 1.807) is 0 Å². The molecule has 17 heavy (non-hydrogen) atoms. The molecule has 0 aliphatic rings. The van der Waals surface area contributed by atoms with Crippen LogP contribution in [0.25, 0.3) is 0 Å². The van der Waals surface area contributed by atoms with Gasteiger partial charge in [-0.15, -0.1) is 0 Å². The van der Waals surface area contributed by atoms with Gasteiger partial charge in [0.1, 0.15) is 11.5 Å². The molecule has 0 aliphatic heterocycles. The molecule has 0 saturated heterocycles. The zero-order valence-electron chi connectivity index (χ0n) is 9.41. The second kappa shape index (κ2) is 6.66. The Balaban J connectivity index is 1.61. The molecule has 3 nitrogen and oxygen atoms in total. The summed E-state index contributed by atoms with van der Waals surface area (Å²) in [4.78, 5) is 0. The normalized spacial score (nSPS) is 9.41. The van der Waals surface area contributed by atoms with Crippen molar-refractivity contribution in [2.24, 2.45) is 0 Å². The fraction of sp³-hybridized carbons (Fsp3) is 0. The predicted molar refractivity (Wildman–Crippen MR) is 69.5 cm³/mol. The molecule has 5 heteroatoms. The van der Waals surface area contributed by atoms with Crippen LogP contribution in [0.1, 0.15) is 0 Å². The minimum atomic E-state index is 0.177. The zero-order chi connectivity index (χ0) is 11.8. The van der Waals surface area contributed by atoms with E-state index in [1.165, 1.54) is 0 Å². The molecule has 0 unspecified atom stereocenters. The molecule has 0 aromatic heterocycles. The van der Waals surface area contributed by atoms with E-state index in [2.05, 4.69) is 0 Å². The third-order valence-corrected chi connectivity index (χ3v) is 2.10. The molecular formula is C12H12B2O3. The molecule has 0 heterocycles. The van der Waals surface area contributed by atoms with E-state index in [0.29, 0.717) is 0 Å². The Labute approximate surface area is 102 Å². The lowest BCUT2D eigenvalue weighted by molar-refractivity contribution is 0.417. The average molecular weight is 226 g/mol. The topological polar surface area (TPSA) is 27.7 Å². The van der Waals surface area contributed by atoms with Crippen molar-refractivity contribution >= 4 is 15.4 Å². The SMILES string of the molecule is B(OBOc1ccccc1)Oc1ccccc1. The van der Waals surface area contributed by atoms with E-state index in [9.17, 15) is 0 Å². The Morgan fingerprint density at radius 1 is 0.588 bits per heavy atom. The monoisotopic (exact) mass is 226 g/mol. The van der Waals surface area contributed by atoms with Crippen molar-refractivity contribution in [2.45, 2.75) is 0 Å². The van der Waals surface area contributed by atoms with Crippen molar-refractivity contribution < 1.29 is 13.9 Å². The van der Waals surface area contributed by atoms with Gasteiger partial charge in [-0.2, -0.15) is 0 Å². The number of para-hydroxylation sites is 2. The van der Waals surface area contributed by atoms with E-state index in [4.69, 9.17) is 13.9 Å². The lowest BCUT2D eigenvalue weighted by Crippen LogP contribution is -2.15. The second-order valence-electron chi connectivity index (χ2n) is 3.35. The van der Waals surface area contributed by atoms with Crippen molar-refractivity contribution in [1.29, 1.82) is 0 Å². The first kappa shape index (κ1) is 11.6. The van der Waals surface area contributed by atoms with Crippen LogP contribution in [-0.2, 0) is 4.57 Å². The van der Waals surface area contributed by atoms with E-state index in [1.807, 2.05) is 60.7 Å². The summed E-state index contributed by atoms with van der Waals surface area (Å²) in [7, 11) is 0.355. The van der Waals surface area contributed by atoms with Gasteiger partial charge in [0.25, 0.3) is 0 Å². The molecule has 84 valence electrons. The first-order valence-corrected chi connectivity index (χ1v) is 5.38. The third kappa shape index (κ3) is 4.25. The molecule has 0 radical (unpaired) electrons. The largest absolute Gasteiger partial charge is 0.539 e. The van der Waals surface area contributed by atoms with E-state index in [-0.39, 0.29) is 15.4 Å². The molecule has 2 rings (SSSR count). The minimum absolute atomic E-state index is 0.177. The first-order chi connectivity index (χ1) is 8.45. The van der Waals surface area contributed by atoms with Gasteiger partial charge in [0.2, 0.25) is 0 Å². The van der Waals surface area contributed by atoms with E-state index >= 15 is 0 Å². The Bertz CT molecular complexity index is 381. The molecule has 0 bridgehead atoms. The molecule has 0 N–H and O–H groups in total. The highest BCUT2D eigenvalue weighted by atomic mass is 16.6. The van der Waals surface area contributed by atoms with Gasteiger partial charge in [-0.05, 0) is 24.3 Å². The Kier molecular flexibility index (Phi) is 4.55. The summed E-state index contributed by atoms with van der Waals surface area (Å²) in [6, 6.07) is 19.0. The highest BCUT2D eigenvalue weighted by Gasteiger charge is 1.99. The quantitative estimate of drug-likeness (QED) is 0.554. The highest BCUT2D eigenvalue weighted by Crippen LogP contribution is 2.08. The van der Waals surface area contributed by atoms with Crippen molar-refractivity contribution in [3.05, 3.63) is 60.7 Å². The fourth-order valence-corrected chi connectivity index (χ4v) is 1.29. The van der Waals surface area contributed by atoms with Gasteiger partial charge in [-0.25, -0.2) is 0 Å². The van der Waals surface area contributed by atoms with Crippen LogP contribution in [0.2, 0.25) is 0 Å². The maximum Gasteiger partial charge on any atom is 0.493 e. The Hall–Kier alpha value is -1.87. The Morgan fingerprint density at radius 2 is 1.00 bits per heavy atom. The summed E-state index contributed by atoms with van der Waals surface area (Å²) in [5, 5.41) is 0. The summed E-state index contributed by atoms with van der Waals surface area (Å²) in [6.45, 7) is 0. The number of benzene rings is 2. The van der Waals surface area contributed by atoms with Gasteiger partial charge < -0.3 is 13.9 Å². The molecule has 0 fully saturated rings. The molecule has 0 amide bonds. The molecule has 0 aliphatic carbocycles. The van der Waals surface area contributed by atoms with Crippen LogP contribution >= 0.6 is 0 Å². The zero-order valence-corrected chi connectivity index (χ0v) is 9.41. The average Bonchev–Trinajstić information content (AvgIpc) is 2.41. The summed E-state index contributed by atoms with van der Waals surface area (Å²) in [6.07, 6.45) is 0. The molecule has 0 spiro atoms. The first-order valence-electron chi connectivity index (χ1n) is 5.38. The van der Waals surface area contributed by atoms with Crippen LogP contribution in [0.5, 0.6) is 11.5 Å². The summed E-state index contributed by atoms with van der Waals surface area (Å²) >= 11 is 0. The van der Waals surface area contributed by atoms with Crippen molar-refractivity contribution in [3.63, 3.8) is 0 Å². The van der Waals surface area contributed by atoms with Gasteiger partial charge in [-0.1, -0.05) is 36.4 Å². The lowest BCUT2D eigenvalue weighted by atomic mass is 10.2. The van der Waals surface area contributed by atoms with Crippen LogP contribution in [-0.4, -0.2) is 15.4 Å². The molecule has 2 aromatic rings. The van der Waals surface area contributed by atoms with Gasteiger partial charge in [-0.3, -0.25) is 0 Å². The number of hydrogen-bond acceptors (Lipinski definition) is 3. The fourth-order valence-electron chi connectivity index (χ4n) is 1.29. The summed E-state index contributed by atoms with van der Waals surface area (Å²) < 4.78 is 15.9. The van der Waals surface area contributed by atoms with E-state index < -0.39 is 0 Å². The molecule has 0 saturated carbocycles. The van der Waals surface area contributed by atoms with Crippen LogP contribution in [0, 0.1) is 0 Å². The van der Waals surface area contributed by atoms with Crippen molar-refractivity contribution in [2.75, 3.05) is 0 Å². The molecule has 2 aromatic carbocycles. The minimum Gasteiger partial charge on any atom is -0.539 e. The Morgan fingerprint density at radius 3 is 1.41 bits per heavy atom. The van der Waals surface area contributed by atoms with Gasteiger partial charge in [0.05, 0.1) is 0 Å². The number of rotatable bonds is 6. The number of hydrogen-bond donors (Lipinski definition) is 0. The summed E-state index contributed by atoms with van der Waals surface area (Å²) in [5.41, 5.74) is 0. The maximum absolute atomic E-state index is 5.34. The molecular weight excluding hydrogens is 214 g/mol. The highest BCUT2D eigenvalue weighted by molar-refractivity contribution is 6.35. The van der Waals surface area contributed by atoms with Crippen LogP contribution < -0.4 is 9.31 Å². The smallest absolute Gasteiger partial charge is 0.493 e. The van der Waals surface area contributed by atoms with Crippen LogP contribution in [0.15, 0.2) is 60.7 Å². The second-order valence-corrected chi connectivity index (χ2v) is 3.35. The molecule has 0 atom stereocenters. The standard InChI is InChI=1S/C12H12B2O3/c1-3-7-11(8-4-1)15-13-17-14-16-12-9-5-2-6-10-12/h1-10,13-14H. The van der Waals surface area contributed by atoms with Crippen molar-refractivity contribution in [3.8, 4) is 11.5 Å². The predicted octanol–water partition coefficient (Wildman–Crippen LogP) is 1.69. The maximum atomic E-state index is 5.34. The van der Waals surface area contributed by atoms with Gasteiger partial charge in [0.15, 0.2) is 0 Å². The van der Waals surface area contributed by atoms with Crippen LogP contribution in [0.3, 0.4) is 0 Å². The van der Waals surface area contributed by atoms with Gasteiger partial charge in [0, 0.05) is 0 Å². The van der Waals surface area contributed by atoms with Crippen molar-refractivity contribution in [1.82, 2.24) is 0 Å². The lowest BCUT2D eigenvalue weighted by Gasteiger charge is -2.06. The van der Waals surface area contributed by atoms with Crippen LogP contribution in [0.4, 0.5) is 0 Å². The van der Waals surface area contributed by atoms with Gasteiger partial charge >= 0.3 is 15.4 Å². The third-order valence-electron chi connectivity index (χ3n) is 2.10.